The minimum atomic E-state index is -3.38. The van der Waals surface area contributed by atoms with E-state index >= 15 is 0 Å². The second-order valence-electron chi connectivity index (χ2n) is 4.16. The molecule has 0 aliphatic carbocycles. The van der Waals surface area contributed by atoms with Crippen LogP contribution in [-0.4, -0.2) is 38.6 Å². The molecule has 0 heterocycles. The van der Waals surface area contributed by atoms with Crippen LogP contribution in [0.4, 0.5) is 0 Å². The lowest BCUT2D eigenvalue weighted by Crippen LogP contribution is -2.26. The predicted molar refractivity (Wildman–Crippen MR) is 76.0 cm³/mol. The van der Waals surface area contributed by atoms with Crippen molar-refractivity contribution in [3.05, 3.63) is 47.5 Å². The highest BCUT2D eigenvalue weighted by Crippen LogP contribution is 2.13. The second-order valence-corrected chi connectivity index (χ2v) is 6.71. The highest BCUT2D eigenvalue weighted by Gasteiger charge is 2.18. The minimum absolute atomic E-state index is 0.0220. The summed E-state index contributed by atoms with van der Waals surface area (Å²) in [5, 5.41) is 10.1. The van der Waals surface area contributed by atoms with Crippen molar-refractivity contribution in [2.24, 2.45) is 0 Å². The van der Waals surface area contributed by atoms with Crippen LogP contribution < -0.4 is 0 Å². The maximum absolute atomic E-state index is 11.9. The third-order valence-corrected chi connectivity index (χ3v) is 4.21. The van der Waals surface area contributed by atoms with Gasteiger partial charge in [-0.3, -0.25) is 0 Å². The number of hydrogen-bond acceptors (Lipinski definition) is 4. The molecule has 0 saturated heterocycles. The van der Waals surface area contributed by atoms with Crippen molar-refractivity contribution in [1.29, 1.82) is 0 Å². The largest absolute Gasteiger partial charge is 0.390 e. The van der Waals surface area contributed by atoms with Crippen LogP contribution in [0.1, 0.15) is 5.56 Å². The maximum atomic E-state index is 11.9. The smallest absolute Gasteiger partial charge is 0.157 e. The number of ether oxygens (including phenoxy) is 1. The number of benzene rings is 1. The fourth-order valence-corrected chi connectivity index (χ4v) is 3.15. The Hall–Kier alpha value is -0.880. The van der Waals surface area contributed by atoms with Gasteiger partial charge in [0, 0.05) is 5.02 Å². The lowest BCUT2D eigenvalue weighted by atomic mass is 10.2. The van der Waals surface area contributed by atoms with E-state index in [1.807, 2.05) is 0 Å². The van der Waals surface area contributed by atoms with E-state index in [2.05, 4.69) is 6.58 Å². The quantitative estimate of drug-likeness (QED) is 0.588. The van der Waals surface area contributed by atoms with Gasteiger partial charge in [0.1, 0.15) is 0 Å². The molecule has 19 heavy (non-hydrogen) atoms. The first-order chi connectivity index (χ1) is 8.93. The van der Waals surface area contributed by atoms with E-state index in [9.17, 15) is 13.5 Å². The maximum Gasteiger partial charge on any atom is 0.157 e. The van der Waals surface area contributed by atoms with Gasteiger partial charge in [0.15, 0.2) is 9.84 Å². The van der Waals surface area contributed by atoms with Crippen LogP contribution in [0.15, 0.2) is 36.9 Å². The van der Waals surface area contributed by atoms with Crippen molar-refractivity contribution in [3.63, 3.8) is 0 Å². The number of hydrogen-bond donors (Lipinski definition) is 1. The van der Waals surface area contributed by atoms with Gasteiger partial charge < -0.3 is 9.84 Å². The summed E-state index contributed by atoms with van der Waals surface area (Å²) in [6.45, 7) is 3.72. The predicted octanol–water partition coefficient (Wildman–Crippen LogP) is 1.82. The summed E-state index contributed by atoms with van der Waals surface area (Å²) in [4.78, 5) is 0. The van der Waals surface area contributed by atoms with Crippen molar-refractivity contribution >= 4 is 21.4 Å². The van der Waals surface area contributed by atoms with E-state index < -0.39 is 15.9 Å². The number of aliphatic hydroxyl groups excluding tert-OH is 1. The van der Waals surface area contributed by atoms with E-state index in [1.54, 1.807) is 24.3 Å². The first-order valence-electron chi connectivity index (χ1n) is 5.74. The van der Waals surface area contributed by atoms with Crippen LogP contribution in [0, 0.1) is 0 Å². The Bertz CT molecular complexity index is 496. The van der Waals surface area contributed by atoms with Gasteiger partial charge >= 0.3 is 0 Å². The molecule has 0 radical (unpaired) electrons. The molecule has 0 fully saturated rings. The molecule has 6 heteroatoms. The highest BCUT2D eigenvalue weighted by atomic mass is 35.5. The summed E-state index contributed by atoms with van der Waals surface area (Å²) in [7, 11) is -3.38. The zero-order valence-electron chi connectivity index (χ0n) is 10.5. The van der Waals surface area contributed by atoms with Gasteiger partial charge in [-0.2, -0.15) is 0 Å². The zero-order chi connectivity index (χ0) is 14.3. The average molecular weight is 305 g/mol. The molecule has 0 bridgehead atoms. The molecular formula is C13H17ClO4S. The summed E-state index contributed by atoms with van der Waals surface area (Å²) in [5.41, 5.74) is 0.642. The monoisotopic (exact) mass is 304 g/mol. The molecule has 4 nitrogen and oxygen atoms in total. The van der Waals surface area contributed by atoms with Crippen LogP contribution in [-0.2, 0) is 20.3 Å². The Morgan fingerprint density at radius 2 is 2.00 bits per heavy atom. The normalized spacial score (nSPS) is 13.2. The zero-order valence-corrected chi connectivity index (χ0v) is 12.0. The van der Waals surface area contributed by atoms with Gasteiger partial charge in [-0.05, 0) is 17.7 Å². The topological polar surface area (TPSA) is 63.6 Å². The first-order valence-corrected chi connectivity index (χ1v) is 7.94. The van der Waals surface area contributed by atoms with Gasteiger partial charge in [0.25, 0.3) is 0 Å². The molecule has 0 saturated carbocycles. The third-order valence-electron chi connectivity index (χ3n) is 2.29. The molecule has 0 aromatic heterocycles. The molecule has 1 rings (SSSR count). The van der Waals surface area contributed by atoms with Crippen LogP contribution in [0.5, 0.6) is 0 Å². The van der Waals surface area contributed by atoms with E-state index in [0.717, 1.165) is 0 Å². The van der Waals surface area contributed by atoms with Gasteiger partial charge in [-0.1, -0.05) is 29.8 Å². The molecule has 1 N–H and O–H groups in total. The fourth-order valence-electron chi connectivity index (χ4n) is 1.52. The number of halogens is 1. The van der Waals surface area contributed by atoms with Crippen molar-refractivity contribution in [2.45, 2.75) is 11.9 Å². The van der Waals surface area contributed by atoms with E-state index in [-0.39, 0.29) is 24.7 Å². The summed E-state index contributed by atoms with van der Waals surface area (Å²) in [5.74, 6) is -0.449. The van der Waals surface area contributed by atoms with Gasteiger partial charge in [-0.25, -0.2) is 8.42 Å². The molecule has 0 amide bonds. The van der Waals surface area contributed by atoms with Crippen LogP contribution >= 0.6 is 11.6 Å². The fraction of sp³-hybridized carbons (Fsp3) is 0.385. The molecular weight excluding hydrogens is 288 g/mol. The SMILES string of the molecule is C=CCOC[C@@H](O)CS(=O)(=O)Cc1ccc(Cl)cc1. The Morgan fingerprint density at radius 3 is 2.58 bits per heavy atom. The van der Waals surface area contributed by atoms with Gasteiger partial charge in [-0.15, -0.1) is 6.58 Å². The van der Waals surface area contributed by atoms with Crippen molar-refractivity contribution in [2.75, 3.05) is 19.0 Å². The molecule has 1 atom stereocenters. The lowest BCUT2D eigenvalue weighted by molar-refractivity contribution is 0.0616. The van der Waals surface area contributed by atoms with Crippen LogP contribution in [0.2, 0.25) is 5.02 Å². The average Bonchev–Trinajstić information content (AvgIpc) is 2.31. The van der Waals surface area contributed by atoms with E-state index in [1.165, 1.54) is 6.08 Å². The molecule has 1 aromatic rings. The van der Waals surface area contributed by atoms with Crippen LogP contribution in [0.3, 0.4) is 0 Å². The summed E-state index contributed by atoms with van der Waals surface area (Å²) in [6.07, 6.45) is 0.506. The number of rotatable bonds is 8. The Kier molecular flexibility index (Phi) is 6.51. The lowest BCUT2D eigenvalue weighted by Gasteiger charge is -2.11. The van der Waals surface area contributed by atoms with Gasteiger partial charge in [0.2, 0.25) is 0 Å². The standard InChI is InChI=1S/C13H17ClO4S/c1-2-7-18-8-13(15)10-19(16,17)9-11-3-5-12(14)6-4-11/h2-6,13,15H,1,7-10H2/t13-/m1/s1. The Morgan fingerprint density at radius 1 is 1.37 bits per heavy atom. The molecule has 0 unspecified atom stereocenters. The Balaban J connectivity index is 2.51. The summed E-state index contributed by atoms with van der Waals surface area (Å²) < 4.78 is 28.7. The number of aliphatic hydroxyl groups is 1. The highest BCUT2D eigenvalue weighted by molar-refractivity contribution is 7.90. The van der Waals surface area contributed by atoms with Gasteiger partial charge in [0.05, 0.1) is 30.8 Å². The van der Waals surface area contributed by atoms with Crippen molar-refractivity contribution < 1.29 is 18.3 Å². The van der Waals surface area contributed by atoms with E-state index in [0.29, 0.717) is 10.6 Å². The molecule has 0 spiro atoms. The molecule has 0 aliphatic rings. The van der Waals surface area contributed by atoms with Crippen LogP contribution in [0.25, 0.3) is 0 Å². The molecule has 106 valence electrons. The summed E-state index contributed by atoms with van der Waals surface area (Å²) >= 11 is 5.72. The van der Waals surface area contributed by atoms with Crippen molar-refractivity contribution in [1.82, 2.24) is 0 Å². The minimum Gasteiger partial charge on any atom is -0.390 e. The van der Waals surface area contributed by atoms with Crippen molar-refractivity contribution in [3.8, 4) is 0 Å². The third kappa shape index (κ3) is 6.73. The van der Waals surface area contributed by atoms with E-state index in [4.69, 9.17) is 16.3 Å². The summed E-state index contributed by atoms with van der Waals surface area (Å²) in [6, 6.07) is 6.58. The second kappa shape index (κ2) is 7.65. The molecule has 1 aromatic carbocycles. The molecule has 0 aliphatic heterocycles. The first kappa shape index (κ1) is 16.2. The number of sulfone groups is 1. The Labute approximate surface area is 118 Å².